The first kappa shape index (κ1) is 26.1. The third-order valence-corrected chi connectivity index (χ3v) is 6.45. The first-order chi connectivity index (χ1) is 15.8. The number of aromatic nitrogens is 2. The van der Waals surface area contributed by atoms with E-state index in [0.717, 1.165) is 5.82 Å². The summed E-state index contributed by atoms with van der Waals surface area (Å²) in [5, 5.41) is 3.81. The first-order valence-corrected chi connectivity index (χ1v) is 13.0. The number of nitrogens with one attached hydrogen (secondary N) is 1. The summed E-state index contributed by atoms with van der Waals surface area (Å²) < 4.78 is 4.76. The van der Waals surface area contributed by atoms with Gasteiger partial charge in [0.15, 0.2) is 6.20 Å². The Kier molecular flexibility index (Phi) is 7.65. The van der Waals surface area contributed by atoms with Crippen LogP contribution in [0.4, 0.5) is 5.82 Å². The van der Waals surface area contributed by atoms with Gasteiger partial charge in [0, 0.05) is 27.8 Å². The van der Waals surface area contributed by atoms with Gasteiger partial charge in [-0.1, -0.05) is 91.8 Å². The lowest BCUT2D eigenvalue weighted by Crippen LogP contribution is -2.32. The SMILES string of the molecule is CC(C)c1cccc(C(C)C)c1-n1c[n+](-c2c(C(C)C)cccc2C(C)C)cc1NC(C)(C)C. The van der Waals surface area contributed by atoms with E-state index in [2.05, 4.69) is 140 Å². The number of anilines is 1. The van der Waals surface area contributed by atoms with Crippen molar-refractivity contribution in [2.75, 3.05) is 5.32 Å². The normalized spacial score (nSPS) is 12.4. The fourth-order valence-electron chi connectivity index (χ4n) is 4.79. The molecule has 1 heterocycles. The Labute approximate surface area is 208 Å². The largest absolute Gasteiger partial charge is 0.345 e. The summed E-state index contributed by atoms with van der Waals surface area (Å²) >= 11 is 0. The van der Waals surface area contributed by atoms with Gasteiger partial charge in [-0.15, -0.1) is 0 Å². The number of rotatable bonds is 7. The van der Waals surface area contributed by atoms with Crippen LogP contribution >= 0.6 is 0 Å². The number of imidazole rings is 1. The Hall–Kier alpha value is -2.55. The van der Waals surface area contributed by atoms with E-state index < -0.39 is 0 Å². The molecule has 0 bridgehead atoms. The molecule has 0 unspecified atom stereocenters. The highest BCUT2D eigenvalue weighted by atomic mass is 15.2. The van der Waals surface area contributed by atoms with Crippen molar-refractivity contribution in [3.05, 3.63) is 71.2 Å². The lowest BCUT2D eigenvalue weighted by molar-refractivity contribution is -0.595. The van der Waals surface area contributed by atoms with Crippen LogP contribution in [-0.2, 0) is 0 Å². The van der Waals surface area contributed by atoms with Gasteiger partial charge in [-0.3, -0.25) is 0 Å². The second kappa shape index (κ2) is 9.98. The molecule has 2 aromatic carbocycles. The van der Waals surface area contributed by atoms with Crippen molar-refractivity contribution < 1.29 is 4.57 Å². The summed E-state index contributed by atoms with van der Waals surface area (Å²) in [7, 11) is 0. The Morgan fingerprint density at radius 1 is 0.676 bits per heavy atom. The highest BCUT2D eigenvalue weighted by Gasteiger charge is 2.29. The minimum absolute atomic E-state index is 0.0584. The molecule has 1 N–H and O–H groups in total. The van der Waals surface area contributed by atoms with Gasteiger partial charge in [-0.05, 0) is 44.4 Å². The lowest BCUT2D eigenvalue weighted by atomic mass is 9.92. The summed E-state index contributed by atoms with van der Waals surface area (Å²) in [6.07, 6.45) is 4.59. The van der Waals surface area contributed by atoms with Crippen molar-refractivity contribution in [1.82, 2.24) is 4.57 Å². The Morgan fingerprint density at radius 3 is 1.47 bits per heavy atom. The maximum absolute atomic E-state index is 3.81. The predicted octanol–water partition coefficient (Wildman–Crippen LogP) is 8.46. The van der Waals surface area contributed by atoms with Crippen LogP contribution in [0.5, 0.6) is 0 Å². The molecule has 0 atom stereocenters. The molecule has 184 valence electrons. The maximum Gasteiger partial charge on any atom is 0.255 e. The summed E-state index contributed by atoms with van der Waals surface area (Å²) in [5.41, 5.74) is 8.10. The van der Waals surface area contributed by atoms with Gasteiger partial charge in [0.1, 0.15) is 11.4 Å². The van der Waals surface area contributed by atoms with E-state index in [-0.39, 0.29) is 5.54 Å². The highest BCUT2D eigenvalue weighted by Crippen LogP contribution is 2.34. The number of hydrogen-bond acceptors (Lipinski definition) is 1. The topological polar surface area (TPSA) is 20.8 Å². The summed E-state index contributed by atoms with van der Waals surface area (Å²) in [4.78, 5) is 0. The zero-order chi connectivity index (χ0) is 25.4. The molecule has 0 aliphatic rings. The minimum Gasteiger partial charge on any atom is -0.345 e. The maximum atomic E-state index is 3.81. The molecule has 0 saturated heterocycles. The fraction of sp³-hybridized carbons (Fsp3) is 0.516. The molecule has 0 aliphatic heterocycles. The molecule has 3 heteroatoms. The van der Waals surface area contributed by atoms with E-state index in [0.29, 0.717) is 23.7 Å². The van der Waals surface area contributed by atoms with Crippen LogP contribution in [0.2, 0.25) is 0 Å². The number of nitrogens with zero attached hydrogens (tertiary/aromatic N) is 2. The van der Waals surface area contributed by atoms with Crippen LogP contribution in [0, 0.1) is 0 Å². The Balaban J connectivity index is 2.40. The van der Waals surface area contributed by atoms with Gasteiger partial charge in [-0.25, -0.2) is 0 Å². The molecular formula is C31H46N3+. The lowest BCUT2D eigenvalue weighted by Gasteiger charge is -2.22. The molecule has 3 aromatic rings. The molecule has 0 radical (unpaired) electrons. The van der Waals surface area contributed by atoms with E-state index in [9.17, 15) is 0 Å². The van der Waals surface area contributed by atoms with E-state index in [1.54, 1.807) is 0 Å². The van der Waals surface area contributed by atoms with Crippen molar-refractivity contribution in [3.8, 4) is 11.4 Å². The van der Waals surface area contributed by atoms with Crippen LogP contribution in [0.25, 0.3) is 11.4 Å². The van der Waals surface area contributed by atoms with Crippen molar-refractivity contribution >= 4 is 5.82 Å². The van der Waals surface area contributed by atoms with E-state index >= 15 is 0 Å². The second-order valence-corrected chi connectivity index (χ2v) is 12.0. The Morgan fingerprint density at radius 2 is 1.09 bits per heavy atom. The molecule has 0 spiro atoms. The quantitative estimate of drug-likeness (QED) is 0.351. The van der Waals surface area contributed by atoms with Crippen LogP contribution in [0.1, 0.15) is 122 Å². The van der Waals surface area contributed by atoms with Crippen LogP contribution in [-0.4, -0.2) is 10.1 Å². The third kappa shape index (κ3) is 5.40. The third-order valence-electron chi connectivity index (χ3n) is 6.45. The molecule has 0 aliphatic carbocycles. The summed E-state index contributed by atoms with van der Waals surface area (Å²) in [5.74, 6) is 2.87. The fourth-order valence-corrected chi connectivity index (χ4v) is 4.79. The van der Waals surface area contributed by atoms with Crippen LogP contribution in [0.15, 0.2) is 48.9 Å². The molecule has 3 nitrogen and oxygen atoms in total. The Bertz CT molecular complexity index is 1070. The molecule has 0 amide bonds. The van der Waals surface area contributed by atoms with Gasteiger partial charge in [0.05, 0.1) is 0 Å². The van der Waals surface area contributed by atoms with E-state index in [4.69, 9.17) is 0 Å². The monoisotopic (exact) mass is 460 g/mol. The van der Waals surface area contributed by atoms with Crippen molar-refractivity contribution in [2.24, 2.45) is 0 Å². The number of hydrogen-bond donors (Lipinski definition) is 1. The van der Waals surface area contributed by atoms with Gasteiger partial charge in [-0.2, -0.15) is 9.13 Å². The zero-order valence-corrected chi connectivity index (χ0v) is 23.3. The van der Waals surface area contributed by atoms with Gasteiger partial charge in [0.2, 0.25) is 5.82 Å². The van der Waals surface area contributed by atoms with Gasteiger partial charge < -0.3 is 5.32 Å². The number of para-hydroxylation sites is 2. The molecule has 0 fully saturated rings. The van der Waals surface area contributed by atoms with Crippen LogP contribution in [0.3, 0.4) is 0 Å². The van der Waals surface area contributed by atoms with Gasteiger partial charge in [0.25, 0.3) is 6.33 Å². The number of benzene rings is 2. The van der Waals surface area contributed by atoms with Gasteiger partial charge >= 0.3 is 0 Å². The first-order valence-electron chi connectivity index (χ1n) is 13.0. The predicted molar refractivity (Wildman–Crippen MR) is 147 cm³/mol. The van der Waals surface area contributed by atoms with E-state index in [1.165, 1.54) is 33.6 Å². The average Bonchev–Trinajstić information content (AvgIpc) is 3.13. The summed E-state index contributed by atoms with van der Waals surface area (Å²) in [6.45, 7) is 25.0. The van der Waals surface area contributed by atoms with Crippen molar-refractivity contribution in [2.45, 2.75) is 105 Å². The standard InChI is InChI=1S/C31H46N3/c1-20(2)24-14-12-15-25(21(3)4)29(24)33-18-28(32-31(9,10)11)34(19-33)30-26(22(5)6)16-13-17-27(30)23(7)8/h12-23,32H,1-11H3/q+1. The highest BCUT2D eigenvalue weighted by molar-refractivity contribution is 5.56. The molecule has 1 aromatic heterocycles. The molecule has 3 rings (SSSR count). The van der Waals surface area contributed by atoms with E-state index in [1.807, 2.05) is 0 Å². The van der Waals surface area contributed by atoms with Crippen molar-refractivity contribution in [1.29, 1.82) is 0 Å². The smallest absolute Gasteiger partial charge is 0.255 e. The second-order valence-electron chi connectivity index (χ2n) is 12.0. The van der Waals surface area contributed by atoms with Crippen LogP contribution < -0.4 is 9.88 Å². The van der Waals surface area contributed by atoms with Crippen molar-refractivity contribution in [3.63, 3.8) is 0 Å². The minimum atomic E-state index is -0.0584. The summed E-state index contributed by atoms with van der Waals surface area (Å²) in [6, 6.07) is 13.6. The molecular weight excluding hydrogens is 414 g/mol. The molecule has 0 saturated carbocycles. The zero-order valence-electron chi connectivity index (χ0n) is 23.3. The average molecular weight is 461 g/mol. The molecule has 34 heavy (non-hydrogen) atoms.